The molecular formula is C18H23FNOP. The lowest BCUT2D eigenvalue weighted by Gasteiger charge is -2.34. The Morgan fingerprint density at radius 3 is 2.05 bits per heavy atom. The Kier molecular flexibility index (Phi) is 4.89. The van der Waals surface area contributed by atoms with Gasteiger partial charge in [-0.05, 0) is 24.6 Å². The molecule has 1 N–H and O–H groups in total. The lowest BCUT2D eigenvalue weighted by molar-refractivity contribution is 0.533. The molecule has 2 aromatic rings. The number of hydrogen-bond donors (Lipinski definition) is 1. The van der Waals surface area contributed by atoms with Crippen molar-refractivity contribution in [3.8, 4) is 0 Å². The molecule has 4 heteroatoms. The Morgan fingerprint density at radius 1 is 1.00 bits per heavy atom. The van der Waals surface area contributed by atoms with E-state index in [0.717, 1.165) is 10.9 Å². The summed E-state index contributed by atoms with van der Waals surface area (Å²) in [6, 6.07) is 15.7. The van der Waals surface area contributed by atoms with E-state index in [1.54, 1.807) is 12.1 Å². The second-order valence-corrected chi connectivity index (χ2v) is 9.85. The van der Waals surface area contributed by atoms with Gasteiger partial charge in [0.15, 0.2) is 7.29 Å². The number of rotatable bonds is 4. The van der Waals surface area contributed by atoms with Gasteiger partial charge >= 0.3 is 0 Å². The highest BCUT2D eigenvalue weighted by Crippen LogP contribution is 2.54. The van der Waals surface area contributed by atoms with Crippen LogP contribution >= 0.6 is 7.29 Å². The van der Waals surface area contributed by atoms with E-state index < -0.39 is 12.4 Å². The average molecular weight is 319 g/mol. The topological polar surface area (TPSA) is 29.1 Å². The van der Waals surface area contributed by atoms with Gasteiger partial charge in [0.25, 0.3) is 0 Å². The minimum Gasteiger partial charge on any atom is -0.301 e. The molecule has 0 saturated carbocycles. The zero-order valence-electron chi connectivity index (χ0n) is 13.5. The third kappa shape index (κ3) is 3.48. The molecule has 2 rings (SSSR count). The summed E-state index contributed by atoms with van der Waals surface area (Å²) < 4.78 is 26.8. The van der Waals surface area contributed by atoms with Crippen LogP contribution in [-0.2, 0) is 4.57 Å². The maximum atomic E-state index is 13.7. The van der Waals surface area contributed by atoms with Crippen LogP contribution in [0.2, 0.25) is 0 Å². The SMILES string of the molecule is CC(NP(=O)(c1ccccc1)C(C)(C)C)c1ccc(F)cc1. The Hall–Kier alpha value is -1.44. The molecule has 0 heterocycles. The molecule has 2 aromatic carbocycles. The summed E-state index contributed by atoms with van der Waals surface area (Å²) in [5.41, 5.74) is 0.918. The molecule has 22 heavy (non-hydrogen) atoms. The summed E-state index contributed by atoms with van der Waals surface area (Å²) in [6.45, 7) is 7.88. The van der Waals surface area contributed by atoms with E-state index in [-0.39, 0.29) is 11.9 Å². The molecule has 0 fully saturated rings. The molecule has 118 valence electrons. The Balaban J connectivity index is 2.36. The van der Waals surface area contributed by atoms with Crippen molar-refractivity contribution < 1.29 is 8.96 Å². The zero-order valence-corrected chi connectivity index (χ0v) is 14.4. The summed E-state index contributed by atoms with van der Waals surface area (Å²) in [5, 5.41) is 3.72. The largest absolute Gasteiger partial charge is 0.301 e. The maximum Gasteiger partial charge on any atom is 0.181 e. The maximum absolute atomic E-state index is 13.7. The van der Waals surface area contributed by atoms with Crippen LogP contribution in [0, 0.1) is 5.82 Å². The number of halogens is 1. The van der Waals surface area contributed by atoms with Gasteiger partial charge in [0.2, 0.25) is 0 Å². The van der Waals surface area contributed by atoms with Crippen molar-refractivity contribution in [1.29, 1.82) is 0 Å². The average Bonchev–Trinajstić information content (AvgIpc) is 2.47. The lowest BCUT2D eigenvalue weighted by atomic mass is 10.1. The Morgan fingerprint density at radius 2 is 1.55 bits per heavy atom. The van der Waals surface area contributed by atoms with Crippen molar-refractivity contribution >= 4 is 12.6 Å². The number of benzene rings is 2. The lowest BCUT2D eigenvalue weighted by Crippen LogP contribution is -2.34. The third-order valence-electron chi connectivity index (χ3n) is 3.81. The van der Waals surface area contributed by atoms with E-state index in [2.05, 4.69) is 5.09 Å². The molecule has 2 atom stereocenters. The molecule has 0 aromatic heterocycles. The van der Waals surface area contributed by atoms with Crippen molar-refractivity contribution in [2.75, 3.05) is 0 Å². The van der Waals surface area contributed by atoms with Gasteiger partial charge in [-0.2, -0.15) is 0 Å². The van der Waals surface area contributed by atoms with Crippen LogP contribution in [0.4, 0.5) is 4.39 Å². The van der Waals surface area contributed by atoms with Crippen molar-refractivity contribution in [2.45, 2.75) is 38.9 Å². The molecule has 0 radical (unpaired) electrons. The first-order valence-electron chi connectivity index (χ1n) is 7.43. The third-order valence-corrected chi connectivity index (χ3v) is 7.48. The van der Waals surface area contributed by atoms with Crippen LogP contribution in [0.25, 0.3) is 0 Å². The van der Waals surface area contributed by atoms with Crippen LogP contribution < -0.4 is 10.4 Å². The summed E-state index contributed by atoms with van der Waals surface area (Å²) in [5.74, 6) is -0.266. The van der Waals surface area contributed by atoms with Gasteiger partial charge in [-0.1, -0.05) is 63.2 Å². The summed E-state index contributed by atoms with van der Waals surface area (Å²) >= 11 is 0. The van der Waals surface area contributed by atoms with E-state index in [0.29, 0.717) is 0 Å². The highest BCUT2D eigenvalue weighted by Gasteiger charge is 2.39. The molecular weight excluding hydrogens is 296 g/mol. The van der Waals surface area contributed by atoms with Crippen LogP contribution in [0.3, 0.4) is 0 Å². The van der Waals surface area contributed by atoms with Gasteiger partial charge in [0.05, 0.1) is 0 Å². The normalized spacial score (nSPS) is 16.0. The van der Waals surface area contributed by atoms with Crippen LogP contribution in [0.15, 0.2) is 54.6 Å². The second-order valence-electron chi connectivity index (χ2n) is 6.52. The Labute approximate surface area is 132 Å². The molecule has 0 spiro atoms. The number of nitrogens with one attached hydrogen (secondary N) is 1. The Bertz CT molecular complexity index is 662. The van der Waals surface area contributed by atoms with E-state index in [9.17, 15) is 8.96 Å². The smallest absolute Gasteiger partial charge is 0.181 e. The van der Waals surface area contributed by atoms with Gasteiger partial charge in [-0.15, -0.1) is 0 Å². The van der Waals surface area contributed by atoms with Crippen LogP contribution in [0.1, 0.15) is 39.3 Å². The van der Waals surface area contributed by atoms with Crippen molar-refractivity contribution in [2.24, 2.45) is 0 Å². The molecule has 2 nitrogen and oxygen atoms in total. The van der Waals surface area contributed by atoms with Crippen molar-refractivity contribution in [3.63, 3.8) is 0 Å². The molecule has 0 aliphatic heterocycles. The fraction of sp³-hybridized carbons (Fsp3) is 0.333. The highest BCUT2D eigenvalue weighted by atomic mass is 31.2. The fourth-order valence-corrected chi connectivity index (χ4v) is 4.99. The van der Waals surface area contributed by atoms with Gasteiger partial charge < -0.3 is 4.57 Å². The minimum atomic E-state index is -2.83. The first-order valence-corrected chi connectivity index (χ1v) is 9.14. The van der Waals surface area contributed by atoms with E-state index in [1.165, 1.54) is 12.1 Å². The monoisotopic (exact) mass is 319 g/mol. The zero-order chi connectivity index (χ0) is 16.4. The summed E-state index contributed by atoms with van der Waals surface area (Å²) in [7, 11) is -2.83. The predicted octanol–water partition coefficient (Wildman–Crippen LogP) is 4.88. The summed E-state index contributed by atoms with van der Waals surface area (Å²) in [6.07, 6.45) is 0. The number of hydrogen-bond acceptors (Lipinski definition) is 1. The van der Waals surface area contributed by atoms with E-state index in [1.807, 2.05) is 58.0 Å². The molecule has 0 aliphatic rings. The van der Waals surface area contributed by atoms with E-state index in [4.69, 9.17) is 0 Å². The van der Waals surface area contributed by atoms with Gasteiger partial charge in [0, 0.05) is 16.5 Å². The van der Waals surface area contributed by atoms with Gasteiger partial charge in [0.1, 0.15) is 5.82 Å². The highest BCUT2D eigenvalue weighted by molar-refractivity contribution is 7.71. The van der Waals surface area contributed by atoms with Crippen LogP contribution in [-0.4, -0.2) is 5.16 Å². The summed E-state index contributed by atoms with van der Waals surface area (Å²) in [4.78, 5) is 0. The first-order chi connectivity index (χ1) is 10.2. The predicted molar refractivity (Wildman–Crippen MR) is 91.4 cm³/mol. The fourth-order valence-electron chi connectivity index (χ4n) is 2.39. The quantitative estimate of drug-likeness (QED) is 0.814. The van der Waals surface area contributed by atoms with E-state index >= 15 is 0 Å². The molecule has 0 aliphatic carbocycles. The van der Waals surface area contributed by atoms with Crippen LogP contribution in [0.5, 0.6) is 0 Å². The molecule has 2 unspecified atom stereocenters. The van der Waals surface area contributed by atoms with Gasteiger partial charge in [-0.3, -0.25) is 5.09 Å². The van der Waals surface area contributed by atoms with Crippen molar-refractivity contribution in [3.05, 3.63) is 66.0 Å². The molecule has 0 bridgehead atoms. The standard InChI is InChI=1S/C18H23FNOP/c1-14(15-10-12-16(19)13-11-15)20-22(21,18(2,3)4)17-8-6-5-7-9-17/h5-14H,1-4H3,(H,20,21). The molecule has 0 saturated heterocycles. The second kappa shape index (κ2) is 6.36. The van der Waals surface area contributed by atoms with Crippen molar-refractivity contribution in [1.82, 2.24) is 5.09 Å². The molecule has 0 amide bonds. The first kappa shape index (κ1) is 16.9. The van der Waals surface area contributed by atoms with Gasteiger partial charge in [-0.25, -0.2) is 4.39 Å². The minimum absolute atomic E-state index is 0.133.